The Balaban J connectivity index is 1.72. The quantitative estimate of drug-likeness (QED) is 0.586. The normalized spacial score (nSPS) is 10.6. The molecule has 0 aliphatic rings. The number of urea groups is 1. The number of hydrogen-bond donors (Lipinski definition) is 3. The summed E-state index contributed by atoms with van der Waals surface area (Å²) in [6.07, 6.45) is 0. The molecule has 0 saturated carbocycles. The number of aromatic nitrogens is 1. The highest BCUT2D eigenvalue weighted by Gasteiger charge is 2.05. The van der Waals surface area contributed by atoms with Gasteiger partial charge in [0.1, 0.15) is 5.82 Å². The molecule has 0 unspecified atom stereocenters. The molecule has 0 radical (unpaired) electrons. The van der Waals surface area contributed by atoms with E-state index in [9.17, 15) is 4.79 Å². The number of hydrogen-bond acceptors (Lipinski definition) is 3. The number of halogens is 2. The molecule has 3 rings (SSSR count). The standard InChI is InChI=1S/C17H14BrClN4O/c18-12-7-11-3-6-15(23-16(11)14(19)8-12)21-9-10-1-4-13(5-2-10)22-17(20)24/h1-8H,9H2,(H,21,23)(H3,20,22,24). The lowest BCUT2D eigenvalue weighted by atomic mass is 10.2. The fourth-order valence-corrected chi connectivity index (χ4v) is 3.17. The summed E-state index contributed by atoms with van der Waals surface area (Å²) in [5.41, 5.74) is 7.54. The molecule has 0 atom stereocenters. The number of benzene rings is 2. The number of amides is 2. The second-order valence-electron chi connectivity index (χ2n) is 5.20. The topological polar surface area (TPSA) is 80.0 Å². The number of anilines is 2. The molecule has 7 heteroatoms. The van der Waals surface area contributed by atoms with Crippen molar-refractivity contribution in [2.75, 3.05) is 10.6 Å². The summed E-state index contributed by atoms with van der Waals surface area (Å²) in [6, 6.07) is 14.5. The molecular weight excluding hydrogens is 392 g/mol. The van der Waals surface area contributed by atoms with Gasteiger partial charge in [0.05, 0.1) is 10.5 Å². The lowest BCUT2D eigenvalue weighted by Crippen LogP contribution is -2.19. The molecular formula is C17H14BrClN4O. The average molecular weight is 406 g/mol. The molecule has 0 bridgehead atoms. The van der Waals surface area contributed by atoms with Gasteiger partial charge in [-0.25, -0.2) is 9.78 Å². The smallest absolute Gasteiger partial charge is 0.316 e. The number of nitrogens with zero attached hydrogens (tertiary/aromatic N) is 1. The highest BCUT2D eigenvalue weighted by atomic mass is 79.9. The van der Waals surface area contributed by atoms with E-state index in [1.165, 1.54) is 0 Å². The fourth-order valence-electron chi connectivity index (χ4n) is 2.30. The van der Waals surface area contributed by atoms with Crippen molar-refractivity contribution < 1.29 is 4.79 Å². The molecule has 1 aromatic heterocycles. The van der Waals surface area contributed by atoms with Gasteiger partial charge in [0, 0.05) is 22.1 Å². The third-order valence-electron chi connectivity index (χ3n) is 3.41. The van der Waals surface area contributed by atoms with Crippen LogP contribution in [0.2, 0.25) is 5.02 Å². The number of carbonyl (C=O) groups is 1. The zero-order valence-electron chi connectivity index (χ0n) is 12.5. The van der Waals surface area contributed by atoms with Crippen molar-refractivity contribution in [1.82, 2.24) is 4.98 Å². The highest BCUT2D eigenvalue weighted by Crippen LogP contribution is 2.27. The van der Waals surface area contributed by atoms with Crippen molar-refractivity contribution in [2.45, 2.75) is 6.54 Å². The first kappa shape index (κ1) is 16.5. The van der Waals surface area contributed by atoms with Crippen molar-refractivity contribution in [3.05, 3.63) is 63.6 Å². The molecule has 0 fully saturated rings. The van der Waals surface area contributed by atoms with Gasteiger partial charge in [0.15, 0.2) is 0 Å². The van der Waals surface area contributed by atoms with Crippen LogP contribution in [0.25, 0.3) is 10.9 Å². The average Bonchev–Trinajstić information content (AvgIpc) is 2.54. The number of primary amides is 1. The van der Waals surface area contributed by atoms with E-state index < -0.39 is 6.03 Å². The molecule has 2 amide bonds. The molecule has 2 aromatic carbocycles. The van der Waals surface area contributed by atoms with Crippen LogP contribution in [-0.4, -0.2) is 11.0 Å². The molecule has 24 heavy (non-hydrogen) atoms. The maximum atomic E-state index is 10.8. The summed E-state index contributed by atoms with van der Waals surface area (Å²) >= 11 is 9.67. The van der Waals surface area contributed by atoms with Gasteiger partial charge >= 0.3 is 6.03 Å². The first-order valence-corrected chi connectivity index (χ1v) is 8.33. The first-order chi connectivity index (χ1) is 11.5. The third-order valence-corrected chi connectivity index (χ3v) is 4.15. The zero-order chi connectivity index (χ0) is 17.1. The molecule has 4 N–H and O–H groups in total. The number of fused-ring (bicyclic) bond motifs is 1. The summed E-state index contributed by atoms with van der Waals surface area (Å²) in [7, 11) is 0. The molecule has 3 aromatic rings. The number of nitrogens with one attached hydrogen (secondary N) is 2. The molecule has 5 nitrogen and oxygen atoms in total. The Bertz CT molecular complexity index is 899. The van der Waals surface area contributed by atoms with E-state index in [1.54, 1.807) is 12.1 Å². The van der Waals surface area contributed by atoms with Crippen LogP contribution >= 0.6 is 27.5 Å². The molecule has 122 valence electrons. The van der Waals surface area contributed by atoms with Gasteiger partial charge in [0.2, 0.25) is 0 Å². The Labute approximate surface area is 152 Å². The van der Waals surface area contributed by atoms with E-state index in [1.807, 2.05) is 36.4 Å². The Kier molecular flexibility index (Phi) is 4.87. The minimum Gasteiger partial charge on any atom is -0.366 e. The van der Waals surface area contributed by atoms with Crippen molar-refractivity contribution in [3.63, 3.8) is 0 Å². The van der Waals surface area contributed by atoms with Crippen LogP contribution in [0.3, 0.4) is 0 Å². The first-order valence-electron chi connectivity index (χ1n) is 7.16. The van der Waals surface area contributed by atoms with E-state index in [0.29, 0.717) is 17.3 Å². The Morgan fingerprint density at radius 3 is 2.62 bits per heavy atom. The van der Waals surface area contributed by atoms with E-state index in [2.05, 4.69) is 31.5 Å². The second-order valence-corrected chi connectivity index (χ2v) is 6.52. The molecule has 0 spiro atoms. The Hall–Kier alpha value is -2.31. The predicted molar refractivity (Wildman–Crippen MR) is 101 cm³/mol. The predicted octanol–water partition coefficient (Wildman–Crippen LogP) is 4.75. The van der Waals surface area contributed by atoms with Gasteiger partial charge in [-0.2, -0.15) is 0 Å². The summed E-state index contributed by atoms with van der Waals surface area (Å²) in [5, 5.41) is 7.36. The van der Waals surface area contributed by atoms with Crippen LogP contribution in [-0.2, 0) is 6.54 Å². The minimum absolute atomic E-state index is 0.579. The van der Waals surface area contributed by atoms with Crippen LogP contribution in [0.15, 0.2) is 53.0 Å². The van der Waals surface area contributed by atoms with Crippen LogP contribution in [0.4, 0.5) is 16.3 Å². The maximum Gasteiger partial charge on any atom is 0.316 e. The summed E-state index contributed by atoms with van der Waals surface area (Å²) in [4.78, 5) is 15.3. The van der Waals surface area contributed by atoms with Gasteiger partial charge in [-0.1, -0.05) is 39.7 Å². The van der Waals surface area contributed by atoms with Gasteiger partial charge in [0.25, 0.3) is 0 Å². The van der Waals surface area contributed by atoms with E-state index in [-0.39, 0.29) is 0 Å². The number of carbonyl (C=O) groups excluding carboxylic acids is 1. The second kappa shape index (κ2) is 7.07. The molecule has 0 aliphatic carbocycles. The molecule has 1 heterocycles. The van der Waals surface area contributed by atoms with Gasteiger partial charge < -0.3 is 16.4 Å². The lowest BCUT2D eigenvalue weighted by molar-refractivity contribution is 0.259. The van der Waals surface area contributed by atoms with Gasteiger partial charge in [-0.05, 0) is 42.0 Å². The molecule has 0 saturated heterocycles. The SMILES string of the molecule is NC(=O)Nc1ccc(CNc2ccc3cc(Br)cc(Cl)c3n2)cc1. The van der Waals surface area contributed by atoms with E-state index >= 15 is 0 Å². The van der Waals surface area contributed by atoms with Crippen LogP contribution in [0.5, 0.6) is 0 Å². The third kappa shape index (κ3) is 3.96. The summed E-state index contributed by atoms with van der Waals surface area (Å²) in [5.74, 6) is 0.742. The lowest BCUT2D eigenvalue weighted by Gasteiger charge is -2.09. The number of rotatable bonds is 4. The largest absolute Gasteiger partial charge is 0.366 e. The van der Waals surface area contributed by atoms with Crippen molar-refractivity contribution >= 4 is 56.0 Å². The fraction of sp³-hybridized carbons (Fsp3) is 0.0588. The zero-order valence-corrected chi connectivity index (χ0v) is 14.9. The minimum atomic E-state index is -0.579. The summed E-state index contributed by atoms with van der Waals surface area (Å²) < 4.78 is 0.923. The highest BCUT2D eigenvalue weighted by molar-refractivity contribution is 9.10. The number of nitrogens with two attached hydrogens (primary N) is 1. The Morgan fingerprint density at radius 2 is 1.92 bits per heavy atom. The van der Waals surface area contributed by atoms with Crippen molar-refractivity contribution in [2.24, 2.45) is 5.73 Å². The van der Waals surface area contributed by atoms with Crippen LogP contribution in [0, 0.1) is 0 Å². The van der Waals surface area contributed by atoms with E-state index in [0.717, 1.165) is 26.8 Å². The Morgan fingerprint density at radius 1 is 1.17 bits per heavy atom. The van der Waals surface area contributed by atoms with Crippen molar-refractivity contribution in [1.29, 1.82) is 0 Å². The van der Waals surface area contributed by atoms with Crippen LogP contribution in [0.1, 0.15) is 5.56 Å². The monoisotopic (exact) mass is 404 g/mol. The van der Waals surface area contributed by atoms with E-state index in [4.69, 9.17) is 17.3 Å². The van der Waals surface area contributed by atoms with Gasteiger partial charge in [-0.3, -0.25) is 0 Å². The van der Waals surface area contributed by atoms with Crippen molar-refractivity contribution in [3.8, 4) is 0 Å². The van der Waals surface area contributed by atoms with Gasteiger partial charge in [-0.15, -0.1) is 0 Å². The maximum absolute atomic E-state index is 10.8. The molecule has 0 aliphatic heterocycles. The summed E-state index contributed by atoms with van der Waals surface area (Å²) in [6.45, 7) is 0.601. The number of pyridine rings is 1. The van der Waals surface area contributed by atoms with Crippen LogP contribution < -0.4 is 16.4 Å².